The topological polar surface area (TPSA) is 177 Å². The van der Waals surface area contributed by atoms with Crippen LogP contribution in [0.2, 0.25) is 20.4 Å². The molecule has 0 spiro atoms. The largest absolute Gasteiger partial charge is 0.488 e. The molecule has 0 radical (unpaired) electrons. The summed E-state index contributed by atoms with van der Waals surface area (Å²) >= 11 is 24.3. The third kappa shape index (κ3) is 11.3. The summed E-state index contributed by atoms with van der Waals surface area (Å²) in [5.74, 6) is 1.22. The summed E-state index contributed by atoms with van der Waals surface area (Å²) in [6, 6.07) is 21.7. The SMILES string of the molecule is COc1nc(-c2ccc(C)c(Cl)c2)nc(-c2cc(CO)ccc2Cl)n1.COc1nc(Cl)nc(-c2ccc(C)c(Cl)c2)n1.Cc1ccc(CO)cc1B(O)O. The van der Waals surface area contributed by atoms with Gasteiger partial charge in [-0.2, -0.15) is 24.9 Å². The zero-order chi connectivity index (χ0) is 39.5. The Hall–Kier alpha value is -4.44. The molecule has 0 fully saturated rings. The van der Waals surface area contributed by atoms with E-state index in [-0.39, 0.29) is 30.5 Å². The van der Waals surface area contributed by atoms with Crippen molar-refractivity contribution in [2.24, 2.45) is 0 Å². The number of benzene rings is 4. The molecule has 0 unspecified atom stereocenters. The third-order valence-corrected chi connectivity index (χ3v) is 9.00. The number of aromatic nitrogens is 6. The number of rotatable bonds is 8. The number of aryl methyl sites for hydroxylation is 3. The van der Waals surface area contributed by atoms with E-state index in [0.29, 0.717) is 54.7 Å². The van der Waals surface area contributed by atoms with Gasteiger partial charge in [-0.25, -0.2) is 4.98 Å². The molecule has 2 heterocycles. The van der Waals surface area contributed by atoms with Gasteiger partial charge >= 0.3 is 19.1 Å². The second kappa shape index (κ2) is 19.8. The maximum absolute atomic E-state index is 9.35. The Morgan fingerprint density at radius 1 is 0.537 bits per heavy atom. The van der Waals surface area contributed by atoms with Gasteiger partial charge in [0.2, 0.25) is 5.28 Å². The van der Waals surface area contributed by atoms with Gasteiger partial charge in [0.15, 0.2) is 17.5 Å². The van der Waals surface area contributed by atoms with Crippen molar-refractivity contribution < 1.29 is 29.7 Å². The lowest BCUT2D eigenvalue weighted by molar-refractivity contribution is 0.281. The van der Waals surface area contributed by atoms with E-state index in [9.17, 15) is 5.11 Å². The molecule has 6 rings (SSSR count). The first-order valence-electron chi connectivity index (χ1n) is 16.0. The summed E-state index contributed by atoms with van der Waals surface area (Å²) in [5, 5.41) is 37.8. The van der Waals surface area contributed by atoms with E-state index in [0.717, 1.165) is 27.8 Å². The lowest BCUT2D eigenvalue weighted by atomic mass is 9.76. The van der Waals surface area contributed by atoms with E-state index in [1.807, 2.05) is 38.1 Å². The van der Waals surface area contributed by atoms with Gasteiger partial charge in [-0.05, 0) is 84.4 Å². The smallest absolute Gasteiger partial charge is 0.467 e. The van der Waals surface area contributed by atoms with Crippen LogP contribution in [0.1, 0.15) is 27.8 Å². The third-order valence-electron chi connectivity index (χ3n) is 7.69. The molecule has 0 amide bonds. The highest BCUT2D eigenvalue weighted by atomic mass is 35.5. The summed E-state index contributed by atoms with van der Waals surface area (Å²) in [5.41, 5.74) is 6.70. The Bertz CT molecular complexity index is 2230. The molecule has 0 aliphatic carbocycles. The standard InChI is InChI=1S/C18H15Cl2N3O2.C11H9Cl2N3O.C8H11BO3/c1-10-3-5-12(8-15(10)20)16-21-17(23-18(22-16)25-2)13-7-11(9-24)4-6-14(13)19;1-6-3-4-7(5-8(6)12)9-14-10(13)16-11(15-9)17-2;1-6-2-3-7(5-10)4-8(6)9(11)12/h3-8,24H,9H2,1-2H3;3-5H,1-2H3;2-4,10-12H,5H2,1H3. The van der Waals surface area contributed by atoms with Crippen LogP contribution in [0.15, 0.2) is 72.8 Å². The number of hydrogen-bond acceptors (Lipinski definition) is 12. The Labute approximate surface area is 332 Å². The number of ether oxygens (including phenoxy) is 2. The van der Waals surface area contributed by atoms with Crippen LogP contribution >= 0.6 is 46.4 Å². The summed E-state index contributed by atoms with van der Waals surface area (Å²) in [6.07, 6.45) is 0. The molecule has 0 bridgehead atoms. The van der Waals surface area contributed by atoms with Crippen molar-refractivity contribution in [1.29, 1.82) is 0 Å². The lowest BCUT2D eigenvalue weighted by Gasteiger charge is -2.09. The quantitative estimate of drug-likeness (QED) is 0.121. The van der Waals surface area contributed by atoms with Crippen molar-refractivity contribution >= 4 is 59.0 Å². The van der Waals surface area contributed by atoms with Gasteiger partial charge in [-0.3, -0.25) is 0 Å². The molecule has 0 saturated heterocycles. The van der Waals surface area contributed by atoms with Crippen LogP contribution in [0, 0.1) is 20.8 Å². The minimum absolute atomic E-state index is 0.0833. The Kier molecular flexibility index (Phi) is 15.5. The van der Waals surface area contributed by atoms with Gasteiger partial charge in [0.1, 0.15) is 0 Å². The van der Waals surface area contributed by atoms with E-state index in [4.69, 9.17) is 71.0 Å². The van der Waals surface area contributed by atoms with E-state index in [2.05, 4.69) is 29.9 Å². The maximum Gasteiger partial charge on any atom is 0.488 e. The molecule has 54 heavy (non-hydrogen) atoms. The van der Waals surface area contributed by atoms with Crippen LogP contribution in [0.3, 0.4) is 0 Å². The van der Waals surface area contributed by atoms with Crippen LogP contribution in [0.5, 0.6) is 12.0 Å². The van der Waals surface area contributed by atoms with Gasteiger partial charge in [0.05, 0.1) is 32.5 Å². The molecule has 6 aromatic rings. The molecular formula is C37H35BCl4N6O6. The number of methoxy groups -OCH3 is 2. The van der Waals surface area contributed by atoms with Gasteiger partial charge in [-0.1, -0.05) is 88.9 Å². The summed E-state index contributed by atoms with van der Waals surface area (Å²) in [6.45, 7) is 5.45. The number of hydrogen-bond donors (Lipinski definition) is 4. The molecule has 0 aliphatic rings. The van der Waals surface area contributed by atoms with Crippen LogP contribution < -0.4 is 14.9 Å². The average Bonchev–Trinajstić information content (AvgIpc) is 3.17. The van der Waals surface area contributed by atoms with Crippen molar-refractivity contribution in [3.8, 4) is 46.2 Å². The first kappa shape index (κ1) is 42.3. The highest BCUT2D eigenvalue weighted by molar-refractivity contribution is 6.59. The molecular weight excluding hydrogens is 777 g/mol. The zero-order valence-electron chi connectivity index (χ0n) is 29.7. The summed E-state index contributed by atoms with van der Waals surface area (Å²) < 4.78 is 10.1. The predicted molar refractivity (Wildman–Crippen MR) is 211 cm³/mol. The normalized spacial score (nSPS) is 10.5. The zero-order valence-corrected chi connectivity index (χ0v) is 32.7. The average molecular weight is 812 g/mol. The first-order valence-corrected chi connectivity index (χ1v) is 17.5. The second-order valence-electron chi connectivity index (χ2n) is 11.5. The monoisotopic (exact) mass is 810 g/mol. The Morgan fingerprint density at radius 2 is 1.02 bits per heavy atom. The van der Waals surface area contributed by atoms with Crippen LogP contribution in [-0.4, -0.2) is 71.5 Å². The maximum atomic E-state index is 9.35. The first-order chi connectivity index (χ1) is 25.8. The molecule has 280 valence electrons. The number of aliphatic hydroxyl groups is 2. The Morgan fingerprint density at radius 3 is 1.54 bits per heavy atom. The van der Waals surface area contributed by atoms with Gasteiger partial charge in [-0.15, -0.1) is 0 Å². The molecule has 0 saturated carbocycles. The van der Waals surface area contributed by atoms with Gasteiger partial charge in [0, 0.05) is 26.7 Å². The predicted octanol–water partition coefficient (Wildman–Crippen LogP) is 6.65. The van der Waals surface area contributed by atoms with E-state index < -0.39 is 7.12 Å². The number of aliphatic hydroxyl groups excluding tert-OH is 2. The van der Waals surface area contributed by atoms with E-state index in [1.165, 1.54) is 14.2 Å². The second-order valence-corrected chi connectivity index (χ2v) is 13.1. The molecule has 0 atom stereocenters. The fourth-order valence-electron chi connectivity index (χ4n) is 4.62. The van der Waals surface area contributed by atoms with Crippen LogP contribution in [0.4, 0.5) is 0 Å². The molecule has 17 heteroatoms. The van der Waals surface area contributed by atoms with E-state index >= 15 is 0 Å². The van der Waals surface area contributed by atoms with Gasteiger partial charge < -0.3 is 29.7 Å². The fourth-order valence-corrected chi connectivity index (χ4v) is 5.34. The van der Waals surface area contributed by atoms with E-state index in [1.54, 1.807) is 55.5 Å². The van der Waals surface area contributed by atoms with Crippen molar-refractivity contribution in [2.45, 2.75) is 34.0 Å². The highest BCUT2D eigenvalue weighted by Gasteiger charge is 2.16. The van der Waals surface area contributed by atoms with Crippen molar-refractivity contribution in [1.82, 2.24) is 29.9 Å². The summed E-state index contributed by atoms with van der Waals surface area (Å²) in [4.78, 5) is 25.0. The van der Waals surface area contributed by atoms with Crippen molar-refractivity contribution in [2.75, 3.05) is 14.2 Å². The molecule has 2 aromatic heterocycles. The molecule has 0 aliphatic heterocycles. The number of nitrogens with zero attached hydrogens (tertiary/aromatic N) is 6. The molecule has 4 aromatic carbocycles. The molecule has 4 N–H and O–H groups in total. The minimum Gasteiger partial charge on any atom is -0.467 e. The highest BCUT2D eigenvalue weighted by Crippen LogP contribution is 2.30. The van der Waals surface area contributed by atoms with Crippen LogP contribution in [-0.2, 0) is 13.2 Å². The van der Waals surface area contributed by atoms with Crippen LogP contribution in [0.25, 0.3) is 34.2 Å². The Balaban J connectivity index is 0.000000194. The number of halogens is 4. The minimum atomic E-state index is -1.46. The fraction of sp³-hybridized carbons (Fsp3) is 0.189. The van der Waals surface area contributed by atoms with Crippen molar-refractivity contribution in [3.63, 3.8) is 0 Å². The van der Waals surface area contributed by atoms with Gasteiger partial charge in [0.25, 0.3) is 0 Å². The summed E-state index contributed by atoms with van der Waals surface area (Å²) in [7, 11) is 1.49. The molecule has 12 nitrogen and oxygen atoms in total. The lowest BCUT2D eigenvalue weighted by Crippen LogP contribution is -2.32. The van der Waals surface area contributed by atoms with Crippen molar-refractivity contribution in [3.05, 3.63) is 121 Å².